The van der Waals surface area contributed by atoms with E-state index in [1.54, 1.807) is 11.1 Å². The van der Waals surface area contributed by atoms with E-state index in [1.165, 1.54) is 12.1 Å². The summed E-state index contributed by atoms with van der Waals surface area (Å²) < 4.78 is 24.5. The maximum atomic E-state index is 12.3. The minimum Gasteiger partial charge on any atom is -0.392 e. The molecule has 0 spiro atoms. The lowest BCUT2D eigenvalue weighted by Crippen LogP contribution is -2.44. The molecule has 2 rings (SSSR count). The van der Waals surface area contributed by atoms with Crippen LogP contribution < -0.4 is 4.83 Å². The molecule has 1 fully saturated rings. The van der Waals surface area contributed by atoms with Gasteiger partial charge in [0.15, 0.2) is 0 Å². The normalized spacial score (nSPS) is 17.6. The molecule has 5 nitrogen and oxygen atoms in total. The van der Waals surface area contributed by atoms with Crippen LogP contribution in [0.3, 0.4) is 0 Å². The van der Waals surface area contributed by atoms with Crippen molar-refractivity contribution >= 4 is 21.6 Å². The van der Waals surface area contributed by atoms with Gasteiger partial charge in [-0.2, -0.15) is 0 Å². The Balaban J connectivity index is 2.23. The van der Waals surface area contributed by atoms with Crippen molar-refractivity contribution in [2.24, 2.45) is 0 Å². The summed E-state index contributed by atoms with van der Waals surface area (Å²) in [6, 6.07) is 4.48. The number of nitrogens with zero attached hydrogens (tertiary/aromatic N) is 1. The molecule has 2 N–H and O–H groups in total. The van der Waals surface area contributed by atoms with Crippen LogP contribution >= 0.6 is 11.6 Å². The van der Waals surface area contributed by atoms with Crippen molar-refractivity contribution < 1.29 is 13.5 Å². The number of hydrogen-bond acceptors (Lipinski definition) is 4. The third-order valence-corrected chi connectivity index (χ3v) is 4.93. The predicted octanol–water partition coefficient (Wildman–Crippen LogP) is 1.51. The van der Waals surface area contributed by atoms with E-state index in [2.05, 4.69) is 4.83 Å². The molecular formula is C12H17ClN2O3S. The van der Waals surface area contributed by atoms with E-state index in [0.29, 0.717) is 18.7 Å². The van der Waals surface area contributed by atoms with Gasteiger partial charge in [0.1, 0.15) is 4.90 Å². The molecule has 0 aliphatic carbocycles. The number of rotatable bonds is 4. The van der Waals surface area contributed by atoms with Crippen molar-refractivity contribution in [1.82, 2.24) is 9.84 Å². The zero-order valence-electron chi connectivity index (χ0n) is 10.5. The third kappa shape index (κ3) is 3.67. The Bertz CT molecular complexity index is 542. The molecule has 0 amide bonds. The van der Waals surface area contributed by atoms with E-state index >= 15 is 0 Å². The number of hydrazine groups is 1. The Kier molecular flexibility index (Phi) is 4.81. The van der Waals surface area contributed by atoms with E-state index in [1.807, 2.05) is 0 Å². The van der Waals surface area contributed by atoms with Gasteiger partial charge in [0, 0.05) is 13.1 Å². The Morgan fingerprint density at radius 3 is 2.58 bits per heavy atom. The molecule has 7 heteroatoms. The highest BCUT2D eigenvalue weighted by Gasteiger charge is 2.22. The van der Waals surface area contributed by atoms with Crippen molar-refractivity contribution in [3.8, 4) is 0 Å². The molecule has 0 unspecified atom stereocenters. The number of benzene rings is 1. The van der Waals surface area contributed by atoms with Crippen LogP contribution in [0.4, 0.5) is 0 Å². The Morgan fingerprint density at radius 1 is 1.26 bits per heavy atom. The van der Waals surface area contributed by atoms with E-state index in [0.717, 1.165) is 19.3 Å². The molecular weight excluding hydrogens is 288 g/mol. The van der Waals surface area contributed by atoms with Gasteiger partial charge in [-0.05, 0) is 30.5 Å². The van der Waals surface area contributed by atoms with Crippen molar-refractivity contribution in [1.29, 1.82) is 0 Å². The number of sulfonamides is 1. The summed E-state index contributed by atoms with van der Waals surface area (Å²) in [7, 11) is -3.69. The summed E-state index contributed by atoms with van der Waals surface area (Å²) in [5.74, 6) is 0. The molecule has 0 atom stereocenters. The van der Waals surface area contributed by atoms with E-state index in [9.17, 15) is 8.42 Å². The minimum absolute atomic E-state index is 0.00582. The smallest absolute Gasteiger partial charge is 0.254 e. The molecule has 0 radical (unpaired) electrons. The Labute approximate surface area is 118 Å². The van der Waals surface area contributed by atoms with E-state index < -0.39 is 10.0 Å². The lowest BCUT2D eigenvalue weighted by atomic mass is 10.2. The predicted molar refractivity (Wildman–Crippen MR) is 73.1 cm³/mol. The van der Waals surface area contributed by atoms with Crippen LogP contribution in [0.15, 0.2) is 23.1 Å². The van der Waals surface area contributed by atoms with Crippen LogP contribution in [0.25, 0.3) is 0 Å². The molecule has 19 heavy (non-hydrogen) atoms. The standard InChI is InChI=1S/C12H17ClN2O3S/c13-11-5-4-10(9-16)8-12(11)19(17,18)14-15-6-2-1-3-7-15/h4-5,8,14,16H,1-3,6-7,9H2. The zero-order valence-corrected chi connectivity index (χ0v) is 12.0. The Morgan fingerprint density at radius 2 is 1.95 bits per heavy atom. The first-order valence-electron chi connectivity index (χ1n) is 6.19. The molecule has 1 aromatic carbocycles. The number of aliphatic hydroxyl groups is 1. The average molecular weight is 305 g/mol. The van der Waals surface area contributed by atoms with Gasteiger partial charge in [0.2, 0.25) is 0 Å². The zero-order chi connectivity index (χ0) is 13.9. The topological polar surface area (TPSA) is 69.6 Å². The van der Waals surface area contributed by atoms with Crippen molar-refractivity contribution in [3.05, 3.63) is 28.8 Å². The first-order valence-corrected chi connectivity index (χ1v) is 8.06. The monoisotopic (exact) mass is 304 g/mol. The van der Waals surface area contributed by atoms with Crippen LogP contribution in [0.5, 0.6) is 0 Å². The quantitative estimate of drug-likeness (QED) is 0.885. The van der Waals surface area contributed by atoms with Gasteiger partial charge in [-0.3, -0.25) is 0 Å². The number of nitrogens with one attached hydrogen (secondary N) is 1. The maximum absolute atomic E-state index is 12.3. The fourth-order valence-corrected chi connectivity index (χ4v) is 3.73. The largest absolute Gasteiger partial charge is 0.392 e. The molecule has 106 valence electrons. The van der Waals surface area contributed by atoms with Crippen LogP contribution in [-0.4, -0.2) is 31.6 Å². The average Bonchev–Trinajstić information content (AvgIpc) is 2.39. The second-order valence-electron chi connectivity index (χ2n) is 4.57. The van der Waals surface area contributed by atoms with Crippen LogP contribution in [-0.2, 0) is 16.6 Å². The highest BCUT2D eigenvalue weighted by Crippen LogP contribution is 2.23. The maximum Gasteiger partial charge on any atom is 0.254 e. The molecule has 1 aromatic rings. The molecule has 0 saturated carbocycles. The molecule has 0 aromatic heterocycles. The van der Waals surface area contributed by atoms with Crippen LogP contribution in [0, 0.1) is 0 Å². The first-order chi connectivity index (χ1) is 9.03. The molecule has 1 aliphatic rings. The molecule has 1 saturated heterocycles. The number of aliphatic hydroxyl groups excluding tert-OH is 1. The Hall–Kier alpha value is -0.660. The second-order valence-corrected chi connectivity index (χ2v) is 6.60. The second kappa shape index (κ2) is 6.19. The van der Waals surface area contributed by atoms with Gasteiger partial charge in [0.25, 0.3) is 10.0 Å². The molecule has 1 aliphatic heterocycles. The lowest BCUT2D eigenvalue weighted by molar-refractivity contribution is 0.200. The summed E-state index contributed by atoms with van der Waals surface area (Å²) in [5.41, 5.74) is 0.517. The lowest BCUT2D eigenvalue weighted by Gasteiger charge is -2.26. The van der Waals surface area contributed by atoms with Crippen molar-refractivity contribution in [2.75, 3.05) is 13.1 Å². The molecule has 0 bridgehead atoms. The highest BCUT2D eigenvalue weighted by molar-refractivity contribution is 7.89. The third-order valence-electron chi connectivity index (χ3n) is 3.07. The van der Waals surface area contributed by atoms with Crippen LogP contribution in [0.2, 0.25) is 5.02 Å². The molecule has 1 heterocycles. The van der Waals surface area contributed by atoms with Crippen LogP contribution in [0.1, 0.15) is 24.8 Å². The number of piperidine rings is 1. The summed E-state index contributed by atoms with van der Waals surface area (Å²) in [6.07, 6.45) is 3.08. The summed E-state index contributed by atoms with van der Waals surface area (Å²) in [5, 5.41) is 10.9. The van der Waals surface area contributed by atoms with Gasteiger partial charge in [-0.25, -0.2) is 13.4 Å². The minimum atomic E-state index is -3.69. The summed E-state index contributed by atoms with van der Waals surface area (Å²) in [6.45, 7) is 1.19. The van der Waals surface area contributed by atoms with Gasteiger partial charge in [-0.1, -0.05) is 24.1 Å². The van der Waals surface area contributed by atoms with E-state index in [-0.39, 0.29) is 16.5 Å². The SMILES string of the molecule is O=S(=O)(NN1CCCCC1)c1cc(CO)ccc1Cl. The van der Waals surface area contributed by atoms with Crippen molar-refractivity contribution in [3.63, 3.8) is 0 Å². The first kappa shape index (κ1) is 14.7. The fraction of sp³-hybridized carbons (Fsp3) is 0.500. The van der Waals surface area contributed by atoms with Gasteiger partial charge in [0.05, 0.1) is 11.6 Å². The fourth-order valence-electron chi connectivity index (χ4n) is 2.06. The van der Waals surface area contributed by atoms with Gasteiger partial charge >= 0.3 is 0 Å². The van der Waals surface area contributed by atoms with E-state index in [4.69, 9.17) is 16.7 Å². The number of halogens is 1. The highest BCUT2D eigenvalue weighted by atomic mass is 35.5. The van der Waals surface area contributed by atoms with Crippen molar-refractivity contribution in [2.45, 2.75) is 30.8 Å². The summed E-state index contributed by atoms with van der Waals surface area (Å²) >= 11 is 5.94. The summed E-state index contributed by atoms with van der Waals surface area (Å²) in [4.78, 5) is 2.55. The van der Waals surface area contributed by atoms with Gasteiger partial charge < -0.3 is 5.11 Å². The van der Waals surface area contributed by atoms with Gasteiger partial charge in [-0.15, -0.1) is 4.83 Å². The number of hydrogen-bond donors (Lipinski definition) is 2.